The van der Waals surface area contributed by atoms with Crippen molar-refractivity contribution in [2.75, 3.05) is 13.1 Å². The molecule has 0 atom stereocenters. The zero-order valence-corrected chi connectivity index (χ0v) is 12.8. The SMILES string of the molecule is CC(C)c1ncc(Cl)c(C(=O)N(CCC#N)CCC#N)n1. The van der Waals surface area contributed by atoms with Gasteiger partial charge in [-0.1, -0.05) is 25.4 Å². The molecule has 0 saturated carbocycles. The minimum Gasteiger partial charge on any atom is -0.335 e. The van der Waals surface area contributed by atoms with Gasteiger partial charge in [0.25, 0.3) is 5.91 Å². The van der Waals surface area contributed by atoms with Crippen LogP contribution in [0.2, 0.25) is 5.02 Å². The van der Waals surface area contributed by atoms with Crippen molar-refractivity contribution in [3.05, 3.63) is 22.7 Å². The molecule has 110 valence electrons. The number of hydrogen-bond donors (Lipinski definition) is 0. The summed E-state index contributed by atoms with van der Waals surface area (Å²) in [5.74, 6) is 0.221. The minimum absolute atomic E-state index is 0.0699. The molecule has 7 heteroatoms. The summed E-state index contributed by atoms with van der Waals surface area (Å²) >= 11 is 6.01. The Morgan fingerprint density at radius 2 is 1.90 bits per heavy atom. The summed E-state index contributed by atoms with van der Waals surface area (Å²) in [6.07, 6.45) is 1.79. The molecule has 21 heavy (non-hydrogen) atoms. The Kier molecular flexibility index (Phi) is 6.58. The number of amides is 1. The molecule has 0 saturated heterocycles. The van der Waals surface area contributed by atoms with Crippen LogP contribution < -0.4 is 0 Å². The van der Waals surface area contributed by atoms with Crippen LogP contribution in [0, 0.1) is 22.7 Å². The highest BCUT2D eigenvalue weighted by Gasteiger charge is 2.21. The molecule has 0 spiro atoms. The molecule has 1 heterocycles. The van der Waals surface area contributed by atoms with Crippen molar-refractivity contribution in [3.63, 3.8) is 0 Å². The average Bonchev–Trinajstić information content (AvgIpc) is 2.47. The van der Waals surface area contributed by atoms with Crippen molar-refractivity contribution >= 4 is 17.5 Å². The molecule has 0 aliphatic heterocycles. The maximum atomic E-state index is 12.5. The Morgan fingerprint density at radius 3 is 2.38 bits per heavy atom. The molecule has 1 aromatic rings. The number of carbonyl (C=O) groups is 1. The van der Waals surface area contributed by atoms with Gasteiger partial charge in [0, 0.05) is 19.0 Å². The van der Waals surface area contributed by atoms with E-state index in [4.69, 9.17) is 22.1 Å². The highest BCUT2D eigenvalue weighted by atomic mass is 35.5. The van der Waals surface area contributed by atoms with Gasteiger partial charge in [-0.05, 0) is 0 Å². The summed E-state index contributed by atoms with van der Waals surface area (Å²) in [5.41, 5.74) is 0.117. The average molecular weight is 306 g/mol. The Bertz CT molecular complexity index is 570. The van der Waals surface area contributed by atoms with Gasteiger partial charge >= 0.3 is 0 Å². The third-order valence-electron chi connectivity index (χ3n) is 2.76. The van der Waals surface area contributed by atoms with E-state index in [1.807, 2.05) is 26.0 Å². The number of rotatable bonds is 6. The first-order valence-corrected chi connectivity index (χ1v) is 6.94. The second-order valence-corrected chi connectivity index (χ2v) is 5.10. The monoisotopic (exact) mass is 305 g/mol. The van der Waals surface area contributed by atoms with E-state index in [2.05, 4.69) is 9.97 Å². The van der Waals surface area contributed by atoms with Gasteiger partial charge in [-0.3, -0.25) is 4.79 Å². The summed E-state index contributed by atoms with van der Waals surface area (Å²) in [7, 11) is 0. The predicted molar refractivity (Wildman–Crippen MR) is 77.5 cm³/mol. The topological polar surface area (TPSA) is 93.7 Å². The maximum absolute atomic E-state index is 12.5. The van der Waals surface area contributed by atoms with Crippen LogP contribution in [0.3, 0.4) is 0 Å². The van der Waals surface area contributed by atoms with Crippen molar-refractivity contribution in [3.8, 4) is 12.1 Å². The lowest BCUT2D eigenvalue weighted by Gasteiger charge is -2.20. The van der Waals surface area contributed by atoms with Gasteiger partial charge in [0.1, 0.15) is 5.82 Å². The number of nitriles is 2. The second kappa shape index (κ2) is 8.18. The van der Waals surface area contributed by atoms with Gasteiger partial charge in [0.05, 0.1) is 36.2 Å². The Morgan fingerprint density at radius 1 is 1.33 bits per heavy atom. The molecular formula is C14H16ClN5O. The maximum Gasteiger partial charge on any atom is 0.274 e. The molecule has 0 N–H and O–H groups in total. The summed E-state index contributed by atoms with van der Waals surface area (Å²) in [6.45, 7) is 4.32. The Balaban J connectivity index is 3.04. The zero-order valence-electron chi connectivity index (χ0n) is 12.0. The fraction of sp³-hybridized carbons (Fsp3) is 0.500. The van der Waals surface area contributed by atoms with Gasteiger partial charge in [-0.25, -0.2) is 9.97 Å². The zero-order chi connectivity index (χ0) is 15.8. The fourth-order valence-electron chi connectivity index (χ4n) is 1.64. The number of aromatic nitrogens is 2. The molecule has 0 unspecified atom stereocenters. The van der Waals surface area contributed by atoms with E-state index in [-0.39, 0.29) is 48.5 Å². The number of nitrogens with zero attached hydrogens (tertiary/aromatic N) is 5. The summed E-state index contributed by atoms with van der Waals surface area (Å²) < 4.78 is 0. The number of hydrogen-bond acceptors (Lipinski definition) is 5. The minimum atomic E-state index is -0.380. The van der Waals surface area contributed by atoms with Crippen LogP contribution in [-0.2, 0) is 0 Å². The van der Waals surface area contributed by atoms with Crippen molar-refractivity contribution in [2.45, 2.75) is 32.6 Å². The Labute approximate surface area is 129 Å². The van der Waals surface area contributed by atoms with Crippen molar-refractivity contribution < 1.29 is 4.79 Å². The van der Waals surface area contributed by atoms with Gasteiger partial charge in [-0.15, -0.1) is 0 Å². The van der Waals surface area contributed by atoms with Crippen molar-refractivity contribution in [1.82, 2.24) is 14.9 Å². The fourth-order valence-corrected chi connectivity index (χ4v) is 1.82. The molecule has 0 radical (unpaired) electrons. The molecule has 1 amide bonds. The lowest BCUT2D eigenvalue weighted by atomic mass is 10.2. The molecule has 0 aromatic carbocycles. The summed E-state index contributed by atoms with van der Waals surface area (Å²) in [4.78, 5) is 22.2. The molecule has 0 bridgehead atoms. The van der Waals surface area contributed by atoms with Crippen LogP contribution in [-0.4, -0.2) is 33.9 Å². The standard InChI is InChI=1S/C14H16ClN5O/c1-10(2)13-18-9-11(15)12(19-13)14(21)20(7-3-5-16)8-4-6-17/h9-10H,3-4,7-8H2,1-2H3. The summed E-state index contributed by atoms with van der Waals surface area (Å²) in [6, 6.07) is 3.97. The van der Waals surface area contributed by atoms with E-state index in [1.54, 1.807) is 0 Å². The van der Waals surface area contributed by atoms with Gasteiger partial charge in [0.15, 0.2) is 5.69 Å². The molecule has 1 aromatic heterocycles. The summed E-state index contributed by atoms with van der Waals surface area (Å²) in [5, 5.41) is 17.5. The lowest BCUT2D eigenvalue weighted by Crippen LogP contribution is -2.33. The van der Waals surface area contributed by atoms with E-state index in [0.29, 0.717) is 5.82 Å². The van der Waals surface area contributed by atoms with Crippen LogP contribution >= 0.6 is 11.6 Å². The molecule has 0 fully saturated rings. The first kappa shape index (κ1) is 16.9. The lowest BCUT2D eigenvalue weighted by molar-refractivity contribution is 0.0756. The molecule has 0 aliphatic carbocycles. The molecule has 1 rings (SSSR count). The molecule has 6 nitrogen and oxygen atoms in total. The van der Waals surface area contributed by atoms with E-state index >= 15 is 0 Å². The predicted octanol–water partition coefficient (Wildman–Crippen LogP) is 2.52. The van der Waals surface area contributed by atoms with E-state index in [0.717, 1.165) is 0 Å². The third kappa shape index (κ3) is 4.70. The molecule has 0 aliphatic rings. The van der Waals surface area contributed by atoms with E-state index in [1.165, 1.54) is 11.1 Å². The largest absolute Gasteiger partial charge is 0.335 e. The number of halogens is 1. The normalized spacial score (nSPS) is 10.0. The quantitative estimate of drug-likeness (QED) is 0.805. The van der Waals surface area contributed by atoms with E-state index in [9.17, 15) is 4.79 Å². The van der Waals surface area contributed by atoms with E-state index < -0.39 is 0 Å². The third-order valence-corrected chi connectivity index (χ3v) is 3.03. The van der Waals surface area contributed by atoms with Crippen molar-refractivity contribution in [2.24, 2.45) is 0 Å². The highest BCUT2D eigenvalue weighted by Crippen LogP contribution is 2.18. The smallest absolute Gasteiger partial charge is 0.274 e. The van der Waals surface area contributed by atoms with Gasteiger partial charge in [-0.2, -0.15) is 10.5 Å². The van der Waals surface area contributed by atoms with Crippen molar-refractivity contribution in [1.29, 1.82) is 10.5 Å². The Hall–Kier alpha value is -2.18. The number of carbonyl (C=O) groups excluding carboxylic acids is 1. The van der Waals surface area contributed by atoms with Crippen LogP contribution in [0.1, 0.15) is 48.9 Å². The van der Waals surface area contributed by atoms with Crippen LogP contribution in [0.25, 0.3) is 0 Å². The van der Waals surface area contributed by atoms with Gasteiger partial charge in [0.2, 0.25) is 0 Å². The second-order valence-electron chi connectivity index (χ2n) is 4.69. The molecular weight excluding hydrogens is 290 g/mol. The van der Waals surface area contributed by atoms with Gasteiger partial charge < -0.3 is 4.90 Å². The van der Waals surface area contributed by atoms with Crippen LogP contribution in [0.15, 0.2) is 6.20 Å². The van der Waals surface area contributed by atoms with Crippen LogP contribution in [0.4, 0.5) is 0 Å². The first-order chi connectivity index (χ1) is 10.0. The first-order valence-electron chi connectivity index (χ1n) is 6.56. The highest BCUT2D eigenvalue weighted by molar-refractivity contribution is 6.33. The van der Waals surface area contributed by atoms with Crippen LogP contribution in [0.5, 0.6) is 0 Å².